The minimum absolute atomic E-state index is 0.0347. The first-order valence-electron chi connectivity index (χ1n) is 12.1. The summed E-state index contributed by atoms with van der Waals surface area (Å²) in [6.07, 6.45) is 4.99. The SMILES string of the molecule is Cc1nn(-c2ccccc2)c(-n2cccc2)c1C(=O)N1CCC(C(=O)NCc2ccc(F)cc2)CC1. The van der Waals surface area contributed by atoms with E-state index in [-0.39, 0.29) is 23.5 Å². The molecule has 0 bridgehead atoms. The number of likely N-dealkylation sites (tertiary alicyclic amines) is 1. The molecule has 2 aromatic heterocycles. The van der Waals surface area contributed by atoms with Gasteiger partial charge in [-0.3, -0.25) is 9.59 Å². The highest BCUT2D eigenvalue weighted by molar-refractivity contribution is 5.99. The zero-order valence-electron chi connectivity index (χ0n) is 20.1. The van der Waals surface area contributed by atoms with Crippen LogP contribution in [0.2, 0.25) is 0 Å². The molecule has 0 spiro atoms. The molecule has 1 aliphatic heterocycles. The topological polar surface area (TPSA) is 72.2 Å². The number of halogens is 1. The number of aromatic nitrogens is 3. The van der Waals surface area contributed by atoms with Crippen LogP contribution in [0.5, 0.6) is 0 Å². The summed E-state index contributed by atoms with van der Waals surface area (Å²) in [4.78, 5) is 28.2. The summed E-state index contributed by atoms with van der Waals surface area (Å²) in [7, 11) is 0. The van der Waals surface area contributed by atoms with Crippen LogP contribution in [0.4, 0.5) is 4.39 Å². The summed E-state index contributed by atoms with van der Waals surface area (Å²) in [6, 6.07) is 19.7. The van der Waals surface area contributed by atoms with Crippen LogP contribution < -0.4 is 5.32 Å². The van der Waals surface area contributed by atoms with Crippen molar-refractivity contribution in [2.75, 3.05) is 13.1 Å². The van der Waals surface area contributed by atoms with E-state index in [4.69, 9.17) is 5.10 Å². The third kappa shape index (κ3) is 4.79. The van der Waals surface area contributed by atoms with Crippen molar-refractivity contribution in [3.05, 3.63) is 102 Å². The van der Waals surface area contributed by atoms with Gasteiger partial charge in [-0.25, -0.2) is 9.07 Å². The molecule has 1 fully saturated rings. The molecule has 3 heterocycles. The Morgan fingerprint density at radius 3 is 2.31 bits per heavy atom. The minimum Gasteiger partial charge on any atom is -0.352 e. The number of hydrogen-bond donors (Lipinski definition) is 1. The molecule has 0 unspecified atom stereocenters. The Morgan fingerprint density at radius 2 is 1.64 bits per heavy atom. The van der Waals surface area contributed by atoms with E-state index in [0.717, 1.165) is 11.3 Å². The second-order valence-electron chi connectivity index (χ2n) is 9.03. The molecular weight excluding hydrogens is 457 g/mol. The zero-order valence-corrected chi connectivity index (χ0v) is 20.1. The van der Waals surface area contributed by atoms with E-state index in [9.17, 15) is 14.0 Å². The van der Waals surface area contributed by atoms with Gasteiger partial charge in [-0.1, -0.05) is 30.3 Å². The van der Waals surface area contributed by atoms with Gasteiger partial charge >= 0.3 is 0 Å². The Labute approximate surface area is 209 Å². The van der Waals surface area contributed by atoms with Gasteiger partial charge in [0.2, 0.25) is 5.91 Å². The number of para-hydroxylation sites is 1. The van der Waals surface area contributed by atoms with Crippen molar-refractivity contribution in [1.82, 2.24) is 24.6 Å². The third-order valence-corrected chi connectivity index (χ3v) is 6.63. The Balaban J connectivity index is 1.30. The largest absolute Gasteiger partial charge is 0.352 e. The van der Waals surface area contributed by atoms with Crippen molar-refractivity contribution < 1.29 is 14.0 Å². The average molecular weight is 486 g/mol. The molecule has 0 radical (unpaired) electrons. The predicted octanol–water partition coefficient (Wildman–Crippen LogP) is 4.28. The zero-order chi connectivity index (χ0) is 25.1. The van der Waals surface area contributed by atoms with Crippen LogP contribution in [-0.4, -0.2) is 44.2 Å². The highest BCUT2D eigenvalue weighted by Crippen LogP contribution is 2.27. The first-order chi connectivity index (χ1) is 17.5. The number of carbonyl (C=O) groups is 2. The van der Waals surface area contributed by atoms with E-state index in [0.29, 0.717) is 49.6 Å². The van der Waals surface area contributed by atoms with Crippen LogP contribution in [0, 0.1) is 18.7 Å². The highest BCUT2D eigenvalue weighted by Gasteiger charge is 2.32. The standard InChI is InChI=1S/C28H28FN5O2/c1-20-25(27(32-15-5-6-16-32)34(31-20)24-7-3-2-4-8-24)28(36)33-17-13-22(14-18-33)26(35)30-19-21-9-11-23(29)12-10-21/h2-12,15-16,22H,13-14,17-19H2,1H3,(H,30,35). The highest BCUT2D eigenvalue weighted by atomic mass is 19.1. The molecular formula is C28H28FN5O2. The Bertz CT molecular complexity index is 1340. The number of nitrogens with zero attached hydrogens (tertiary/aromatic N) is 4. The number of piperidine rings is 1. The molecule has 2 amide bonds. The smallest absolute Gasteiger partial charge is 0.259 e. The molecule has 0 saturated carbocycles. The number of benzene rings is 2. The van der Waals surface area contributed by atoms with Gasteiger partial charge < -0.3 is 14.8 Å². The number of hydrogen-bond acceptors (Lipinski definition) is 3. The van der Waals surface area contributed by atoms with E-state index in [1.165, 1.54) is 12.1 Å². The molecule has 7 nitrogen and oxygen atoms in total. The van der Waals surface area contributed by atoms with Crippen molar-refractivity contribution in [2.24, 2.45) is 5.92 Å². The van der Waals surface area contributed by atoms with Crippen molar-refractivity contribution in [1.29, 1.82) is 0 Å². The summed E-state index contributed by atoms with van der Waals surface area (Å²) in [5.74, 6) is 0.127. The fourth-order valence-electron chi connectivity index (χ4n) is 4.67. The maximum absolute atomic E-state index is 13.7. The molecule has 4 aromatic rings. The molecule has 0 atom stereocenters. The number of aryl methyl sites for hydroxylation is 1. The van der Waals surface area contributed by atoms with Crippen molar-refractivity contribution in [3.63, 3.8) is 0 Å². The number of amides is 2. The molecule has 1 N–H and O–H groups in total. The third-order valence-electron chi connectivity index (χ3n) is 6.63. The van der Waals surface area contributed by atoms with Gasteiger partial charge in [-0.15, -0.1) is 0 Å². The van der Waals surface area contributed by atoms with Gasteiger partial charge in [-0.05, 0) is 61.7 Å². The molecule has 2 aromatic carbocycles. The second kappa shape index (κ2) is 10.2. The van der Waals surface area contributed by atoms with Gasteiger partial charge in [0, 0.05) is 37.9 Å². The lowest BCUT2D eigenvalue weighted by Crippen LogP contribution is -2.43. The summed E-state index contributed by atoms with van der Waals surface area (Å²) in [5.41, 5.74) is 2.95. The van der Waals surface area contributed by atoms with Crippen LogP contribution in [0.25, 0.3) is 11.5 Å². The predicted molar refractivity (Wildman–Crippen MR) is 135 cm³/mol. The molecule has 8 heteroatoms. The minimum atomic E-state index is -0.299. The van der Waals surface area contributed by atoms with Gasteiger partial charge in [0.05, 0.1) is 11.4 Å². The van der Waals surface area contributed by atoms with Crippen LogP contribution in [-0.2, 0) is 11.3 Å². The fraction of sp³-hybridized carbons (Fsp3) is 0.250. The Hall–Kier alpha value is -4.20. The lowest BCUT2D eigenvalue weighted by molar-refractivity contribution is -0.126. The Kier molecular flexibility index (Phi) is 6.66. The first-order valence-corrected chi connectivity index (χ1v) is 12.1. The van der Waals surface area contributed by atoms with E-state index in [1.807, 2.05) is 71.2 Å². The summed E-state index contributed by atoms with van der Waals surface area (Å²) in [6.45, 7) is 3.20. The molecule has 0 aliphatic carbocycles. The van der Waals surface area contributed by atoms with Gasteiger partial charge in [0.25, 0.3) is 5.91 Å². The molecule has 5 rings (SSSR count). The van der Waals surface area contributed by atoms with Crippen LogP contribution in [0.1, 0.15) is 34.5 Å². The maximum Gasteiger partial charge on any atom is 0.259 e. The fourth-order valence-corrected chi connectivity index (χ4v) is 4.67. The van der Waals surface area contributed by atoms with Gasteiger partial charge in [0.1, 0.15) is 11.4 Å². The van der Waals surface area contributed by atoms with Gasteiger partial charge in [-0.2, -0.15) is 5.10 Å². The van der Waals surface area contributed by atoms with Crippen molar-refractivity contribution in [3.8, 4) is 11.5 Å². The van der Waals surface area contributed by atoms with E-state index < -0.39 is 0 Å². The van der Waals surface area contributed by atoms with Crippen LogP contribution in [0.3, 0.4) is 0 Å². The van der Waals surface area contributed by atoms with Gasteiger partial charge in [0.15, 0.2) is 5.82 Å². The number of nitrogens with one attached hydrogen (secondary N) is 1. The molecule has 1 saturated heterocycles. The second-order valence-corrected chi connectivity index (χ2v) is 9.03. The van der Waals surface area contributed by atoms with E-state index in [1.54, 1.807) is 16.8 Å². The summed E-state index contributed by atoms with van der Waals surface area (Å²) in [5, 5.41) is 7.66. The first kappa shape index (κ1) is 23.5. The number of carbonyl (C=O) groups excluding carboxylic acids is 2. The number of rotatable bonds is 6. The maximum atomic E-state index is 13.7. The van der Waals surface area contributed by atoms with Crippen molar-refractivity contribution in [2.45, 2.75) is 26.3 Å². The molecule has 1 aliphatic rings. The lowest BCUT2D eigenvalue weighted by Gasteiger charge is -2.31. The normalized spacial score (nSPS) is 14.1. The molecule has 36 heavy (non-hydrogen) atoms. The monoisotopic (exact) mass is 485 g/mol. The van der Waals surface area contributed by atoms with E-state index >= 15 is 0 Å². The average Bonchev–Trinajstić information content (AvgIpc) is 3.56. The Morgan fingerprint density at radius 1 is 0.972 bits per heavy atom. The summed E-state index contributed by atoms with van der Waals surface area (Å²) < 4.78 is 16.8. The quantitative estimate of drug-likeness (QED) is 0.443. The van der Waals surface area contributed by atoms with Crippen LogP contribution in [0.15, 0.2) is 79.1 Å². The summed E-state index contributed by atoms with van der Waals surface area (Å²) >= 11 is 0. The lowest BCUT2D eigenvalue weighted by atomic mass is 9.95. The van der Waals surface area contributed by atoms with Crippen molar-refractivity contribution >= 4 is 11.8 Å². The van der Waals surface area contributed by atoms with Crippen LogP contribution >= 0.6 is 0 Å². The molecule has 184 valence electrons. The van der Waals surface area contributed by atoms with E-state index in [2.05, 4.69) is 5.32 Å².